The van der Waals surface area contributed by atoms with E-state index in [0.717, 1.165) is 14.9 Å². The van der Waals surface area contributed by atoms with Crippen LogP contribution in [-0.2, 0) is 24.8 Å². The Labute approximate surface area is 200 Å². The van der Waals surface area contributed by atoms with E-state index in [4.69, 9.17) is 16.3 Å². The minimum atomic E-state index is -3.77. The Morgan fingerprint density at radius 3 is 2.24 bits per heavy atom. The van der Waals surface area contributed by atoms with Crippen molar-refractivity contribution in [2.45, 2.75) is 24.8 Å². The number of ether oxygens (including phenoxy) is 1. The Balaban J connectivity index is 2.00. The van der Waals surface area contributed by atoms with Crippen molar-refractivity contribution in [2.24, 2.45) is 0 Å². The van der Waals surface area contributed by atoms with Crippen LogP contribution in [0.1, 0.15) is 12.5 Å². The molecule has 0 radical (unpaired) electrons. The lowest BCUT2D eigenvalue weighted by Gasteiger charge is -2.29. The Hall–Kier alpha value is -2.34. The van der Waals surface area contributed by atoms with Crippen LogP contribution in [0, 0.1) is 6.92 Å². The standard InChI is InChI=1S/C21H28ClN3O6S2/c1-15-6-7-17(22)14-20(15)25(32(5,27)28)16(2)21(26)23-12-13-31-18-8-10-19(11-9-18)33(29,30)24(3)4/h6-11,14,16H,12-13H2,1-5H3,(H,23,26). The second-order valence-electron chi connectivity index (χ2n) is 7.56. The average molecular weight is 518 g/mol. The first-order chi connectivity index (χ1) is 15.2. The molecule has 2 rings (SSSR count). The second kappa shape index (κ2) is 10.7. The van der Waals surface area contributed by atoms with Gasteiger partial charge in [0.05, 0.1) is 23.4 Å². The van der Waals surface area contributed by atoms with Crippen molar-refractivity contribution in [3.05, 3.63) is 53.1 Å². The minimum absolute atomic E-state index is 0.104. The molecule has 2 aromatic rings. The number of aryl methyl sites for hydroxylation is 1. The lowest BCUT2D eigenvalue weighted by atomic mass is 10.2. The summed E-state index contributed by atoms with van der Waals surface area (Å²) >= 11 is 6.03. The maximum Gasteiger partial charge on any atom is 0.243 e. The number of carbonyl (C=O) groups excluding carboxylic acids is 1. The topological polar surface area (TPSA) is 113 Å². The number of anilines is 1. The molecular weight excluding hydrogens is 490 g/mol. The number of halogens is 1. The summed E-state index contributed by atoms with van der Waals surface area (Å²) in [4.78, 5) is 12.8. The van der Waals surface area contributed by atoms with E-state index in [0.29, 0.717) is 22.0 Å². The molecule has 12 heteroatoms. The van der Waals surface area contributed by atoms with Gasteiger partial charge in [0.25, 0.3) is 0 Å². The summed E-state index contributed by atoms with van der Waals surface area (Å²) in [6.45, 7) is 3.44. The molecule has 0 saturated heterocycles. The van der Waals surface area contributed by atoms with E-state index in [-0.39, 0.29) is 18.0 Å². The van der Waals surface area contributed by atoms with Crippen molar-refractivity contribution in [3.8, 4) is 5.75 Å². The monoisotopic (exact) mass is 517 g/mol. The van der Waals surface area contributed by atoms with Gasteiger partial charge in [-0.15, -0.1) is 0 Å². The van der Waals surface area contributed by atoms with Crippen LogP contribution in [0.15, 0.2) is 47.4 Å². The van der Waals surface area contributed by atoms with Crippen molar-refractivity contribution < 1.29 is 26.4 Å². The van der Waals surface area contributed by atoms with Gasteiger partial charge in [0.2, 0.25) is 26.0 Å². The van der Waals surface area contributed by atoms with Gasteiger partial charge in [-0.1, -0.05) is 17.7 Å². The van der Waals surface area contributed by atoms with Crippen molar-refractivity contribution in [2.75, 3.05) is 37.8 Å². The molecule has 9 nitrogen and oxygen atoms in total. The fraction of sp³-hybridized carbons (Fsp3) is 0.381. The van der Waals surface area contributed by atoms with Crippen molar-refractivity contribution in [1.82, 2.24) is 9.62 Å². The summed E-state index contributed by atoms with van der Waals surface area (Å²) in [7, 11) is -4.40. The summed E-state index contributed by atoms with van der Waals surface area (Å²) in [5, 5.41) is 3.01. The molecule has 0 saturated carbocycles. The highest BCUT2D eigenvalue weighted by Crippen LogP contribution is 2.28. The zero-order valence-electron chi connectivity index (χ0n) is 19.1. The molecule has 33 heavy (non-hydrogen) atoms. The number of nitrogens with one attached hydrogen (secondary N) is 1. The molecule has 0 aliphatic carbocycles. The Bertz CT molecular complexity index is 1200. The molecule has 2 aromatic carbocycles. The third-order valence-corrected chi connectivity index (χ3v) is 8.06. The number of carbonyl (C=O) groups is 1. The molecule has 0 aromatic heterocycles. The van der Waals surface area contributed by atoms with E-state index in [2.05, 4.69) is 5.32 Å². The molecule has 1 atom stereocenters. The average Bonchev–Trinajstić information content (AvgIpc) is 2.72. The van der Waals surface area contributed by atoms with Crippen LogP contribution in [0.4, 0.5) is 5.69 Å². The van der Waals surface area contributed by atoms with Gasteiger partial charge in [-0.25, -0.2) is 21.1 Å². The molecular formula is C21H28ClN3O6S2. The van der Waals surface area contributed by atoms with Crippen molar-refractivity contribution in [3.63, 3.8) is 0 Å². The molecule has 1 unspecified atom stereocenters. The van der Waals surface area contributed by atoms with E-state index < -0.39 is 32.0 Å². The highest BCUT2D eigenvalue weighted by atomic mass is 35.5. The van der Waals surface area contributed by atoms with E-state index in [9.17, 15) is 21.6 Å². The third kappa shape index (κ3) is 6.83. The van der Waals surface area contributed by atoms with Gasteiger partial charge in [0.1, 0.15) is 18.4 Å². The zero-order valence-corrected chi connectivity index (χ0v) is 21.5. The van der Waals surface area contributed by atoms with Crippen molar-refractivity contribution >= 4 is 43.2 Å². The molecule has 0 aliphatic rings. The fourth-order valence-corrected chi connectivity index (χ4v) is 5.30. The normalized spacial score (nSPS) is 12.9. The van der Waals surface area contributed by atoms with Crippen molar-refractivity contribution in [1.29, 1.82) is 0 Å². The molecule has 0 heterocycles. The van der Waals surface area contributed by atoms with E-state index >= 15 is 0 Å². The first-order valence-corrected chi connectivity index (χ1v) is 13.6. The quantitative estimate of drug-likeness (QED) is 0.484. The van der Waals surface area contributed by atoms with Gasteiger partial charge in [0, 0.05) is 19.1 Å². The Morgan fingerprint density at radius 2 is 1.70 bits per heavy atom. The highest BCUT2D eigenvalue weighted by Gasteiger charge is 2.30. The fourth-order valence-electron chi connectivity index (χ4n) is 3.01. The van der Waals surface area contributed by atoms with Gasteiger partial charge in [-0.3, -0.25) is 9.10 Å². The number of hydrogen-bond acceptors (Lipinski definition) is 6. The van der Waals surface area contributed by atoms with E-state index in [1.807, 2.05) is 0 Å². The number of rotatable bonds is 10. The SMILES string of the molecule is Cc1ccc(Cl)cc1N(C(C)C(=O)NCCOc1ccc(S(=O)(=O)N(C)C)cc1)S(C)(=O)=O. The van der Waals surface area contributed by atoms with E-state index in [1.54, 1.807) is 19.1 Å². The maximum absolute atomic E-state index is 12.7. The first-order valence-electron chi connectivity index (χ1n) is 9.94. The van der Waals surface area contributed by atoms with Crippen LogP contribution in [0.2, 0.25) is 5.02 Å². The molecule has 0 spiro atoms. The highest BCUT2D eigenvalue weighted by molar-refractivity contribution is 7.92. The molecule has 182 valence electrons. The van der Waals surface area contributed by atoms with Crippen LogP contribution in [0.3, 0.4) is 0 Å². The molecule has 0 fully saturated rings. The Morgan fingerprint density at radius 1 is 1.09 bits per heavy atom. The number of benzene rings is 2. The van der Waals surface area contributed by atoms with Crippen LogP contribution in [-0.4, -0.2) is 66.6 Å². The van der Waals surface area contributed by atoms with Crippen LogP contribution in [0.5, 0.6) is 5.75 Å². The molecule has 1 N–H and O–H groups in total. The van der Waals surface area contributed by atoms with Crippen LogP contribution in [0.25, 0.3) is 0 Å². The van der Waals surface area contributed by atoms with E-state index in [1.165, 1.54) is 51.4 Å². The number of hydrogen-bond donors (Lipinski definition) is 1. The van der Waals surface area contributed by atoms with Gasteiger partial charge in [-0.2, -0.15) is 0 Å². The minimum Gasteiger partial charge on any atom is -0.492 e. The largest absolute Gasteiger partial charge is 0.492 e. The first kappa shape index (κ1) is 26.9. The van der Waals surface area contributed by atoms with Crippen LogP contribution < -0.4 is 14.4 Å². The molecule has 0 aliphatic heterocycles. The van der Waals surface area contributed by atoms with Gasteiger partial charge >= 0.3 is 0 Å². The smallest absolute Gasteiger partial charge is 0.243 e. The lowest BCUT2D eigenvalue weighted by molar-refractivity contribution is -0.121. The molecule has 1 amide bonds. The Kier molecular flexibility index (Phi) is 8.75. The zero-order chi connectivity index (χ0) is 25.0. The summed E-state index contributed by atoms with van der Waals surface area (Å²) in [6, 6.07) is 9.72. The number of nitrogens with zero attached hydrogens (tertiary/aromatic N) is 2. The lowest BCUT2D eigenvalue weighted by Crippen LogP contribution is -2.48. The number of amides is 1. The maximum atomic E-state index is 12.7. The molecule has 0 bridgehead atoms. The predicted octanol–water partition coefficient (Wildman–Crippen LogP) is 2.25. The van der Waals surface area contributed by atoms with Gasteiger partial charge < -0.3 is 10.1 Å². The third-order valence-electron chi connectivity index (χ3n) is 4.77. The number of sulfonamides is 2. The van der Waals surface area contributed by atoms with Gasteiger partial charge in [0.15, 0.2) is 0 Å². The second-order valence-corrected chi connectivity index (χ2v) is 12.0. The summed E-state index contributed by atoms with van der Waals surface area (Å²) in [5.74, 6) is -0.0712. The van der Waals surface area contributed by atoms with Crippen LogP contribution >= 0.6 is 11.6 Å². The summed E-state index contributed by atoms with van der Waals surface area (Å²) < 4.78 is 56.7. The summed E-state index contributed by atoms with van der Waals surface area (Å²) in [6.07, 6.45) is 1.03. The predicted molar refractivity (Wildman–Crippen MR) is 129 cm³/mol. The summed E-state index contributed by atoms with van der Waals surface area (Å²) in [5.41, 5.74) is 0.990. The van der Waals surface area contributed by atoms with Gasteiger partial charge in [-0.05, 0) is 55.8 Å².